The molecule has 0 atom stereocenters. The average Bonchev–Trinajstić information content (AvgIpc) is 2.91. The summed E-state index contributed by atoms with van der Waals surface area (Å²) >= 11 is 6.19. The standard InChI is InChI=1S/C16H14ClN3O/c1-2-21-14-10-8-13(9-11-14)20-15(18-19-16(20)17)12-6-4-3-5-7-12/h3-11H,2H2,1H3. The fourth-order valence-electron chi connectivity index (χ4n) is 2.13. The number of rotatable bonds is 4. The van der Waals surface area contributed by atoms with Crippen LogP contribution in [-0.4, -0.2) is 21.4 Å². The SMILES string of the molecule is CCOc1ccc(-n2c(Cl)nnc2-c2ccccc2)cc1. The molecule has 106 valence electrons. The maximum Gasteiger partial charge on any atom is 0.229 e. The zero-order valence-corrected chi connectivity index (χ0v) is 12.3. The maximum absolute atomic E-state index is 6.19. The first kappa shape index (κ1) is 13.6. The van der Waals surface area contributed by atoms with E-state index in [-0.39, 0.29) is 0 Å². The van der Waals surface area contributed by atoms with Gasteiger partial charge in [0, 0.05) is 5.56 Å². The van der Waals surface area contributed by atoms with Crippen molar-refractivity contribution in [3.63, 3.8) is 0 Å². The van der Waals surface area contributed by atoms with E-state index in [0.717, 1.165) is 17.0 Å². The van der Waals surface area contributed by atoms with Crippen molar-refractivity contribution in [1.82, 2.24) is 14.8 Å². The number of nitrogens with zero attached hydrogens (tertiary/aromatic N) is 3. The fourth-order valence-corrected chi connectivity index (χ4v) is 2.34. The van der Waals surface area contributed by atoms with Crippen LogP contribution in [0.25, 0.3) is 17.1 Å². The molecule has 0 N–H and O–H groups in total. The Hall–Kier alpha value is -2.33. The van der Waals surface area contributed by atoms with Gasteiger partial charge in [-0.25, -0.2) is 0 Å². The van der Waals surface area contributed by atoms with Gasteiger partial charge in [0.05, 0.1) is 12.3 Å². The lowest BCUT2D eigenvalue weighted by Crippen LogP contribution is -1.98. The molecule has 0 spiro atoms. The third kappa shape index (κ3) is 2.76. The van der Waals surface area contributed by atoms with Gasteiger partial charge >= 0.3 is 0 Å². The summed E-state index contributed by atoms with van der Waals surface area (Å²) < 4.78 is 7.26. The van der Waals surface area contributed by atoms with E-state index in [9.17, 15) is 0 Å². The van der Waals surface area contributed by atoms with E-state index in [1.54, 1.807) is 0 Å². The van der Waals surface area contributed by atoms with Crippen LogP contribution in [0.5, 0.6) is 5.75 Å². The third-order valence-electron chi connectivity index (χ3n) is 3.06. The van der Waals surface area contributed by atoms with Gasteiger partial charge in [-0.3, -0.25) is 4.57 Å². The Labute approximate surface area is 128 Å². The highest BCUT2D eigenvalue weighted by Gasteiger charge is 2.13. The summed E-state index contributed by atoms with van der Waals surface area (Å²) in [6.07, 6.45) is 0. The van der Waals surface area contributed by atoms with E-state index >= 15 is 0 Å². The molecule has 0 aliphatic heterocycles. The molecular formula is C16H14ClN3O. The number of ether oxygens (including phenoxy) is 1. The number of benzene rings is 2. The largest absolute Gasteiger partial charge is 0.494 e. The second kappa shape index (κ2) is 5.97. The minimum absolute atomic E-state index is 0.331. The van der Waals surface area contributed by atoms with Crippen LogP contribution >= 0.6 is 11.6 Å². The van der Waals surface area contributed by atoms with E-state index in [0.29, 0.717) is 17.7 Å². The monoisotopic (exact) mass is 299 g/mol. The van der Waals surface area contributed by atoms with Gasteiger partial charge in [-0.2, -0.15) is 0 Å². The van der Waals surface area contributed by atoms with Crippen molar-refractivity contribution in [1.29, 1.82) is 0 Å². The highest BCUT2D eigenvalue weighted by atomic mass is 35.5. The van der Waals surface area contributed by atoms with Crippen LogP contribution in [0.15, 0.2) is 54.6 Å². The molecule has 21 heavy (non-hydrogen) atoms. The van der Waals surface area contributed by atoms with Crippen LogP contribution in [0.3, 0.4) is 0 Å². The van der Waals surface area contributed by atoms with Crippen LogP contribution in [0.2, 0.25) is 5.28 Å². The summed E-state index contributed by atoms with van der Waals surface area (Å²) in [7, 11) is 0. The van der Waals surface area contributed by atoms with Crippen molar-refractivity contribution in [2.75, 3.05) is 6.61 Å². The molecule has 0 saturated heterocycles. The van der Waals surface area contributed by atoms with Gasteiger partial charge in [-0.05, 0) is 42.8 Å². The molecule has 0 aliphatic rings. The van der Waals surface area contributed by atoms with Crippen molar-refractivity contribution in [3.05, 3.63) is 59.9 Å². The van der Waals surface area contributed by atoms with Gasteiger partial charge in [-0.15, -0.1) is 10.2 Å². The molecule has 5 heteroatoms. The van der Waals surface area contributed by atoms with Gasteiger partial charge in [0.1, 0.15) is 5.75 Å². The molecule has 0 saturated carbocycles. The van der Waals surface area contributed by atoms with Gasteiger partial charge in [0.15, 0.2) is 5.82 Å². The first-order valence-corrected chi connectivity index (χ1v) is 7.07. The Kier molecular flexibility index (Phi) is 3.88. The molecule has 0 aliphatic carbocycles. The molecule has 0 bridgehead atoms. The second-order valence-corrected chi connectivity index (χ2v) is 4.76. The molecule has 3 rings (SSSR count). The lowest BCUT2D eigenvalue weighted by molar-refractivity contribution is 0.340. The van der Waals surface area contributed by atoms with Gasteiger partial charge in [-0.1, -0.05) is 30.3 Å². The Morgan fingerprint density at radius 1 is 1.00 bits per heavy atom. The lowest BCUT2D eigenvalue weighted by Gasteiger charge is -2.09. The Balaban J connectivity index is 2.04. The Bertz CT molecular complexity index is 723. The average molecular weight is 300 g/mol. The van der Waals surface area contributed by atoms with Crippen LogP contribution < -0.4 is 4.74 Å². The van der Waals surface area contributed by atoms with Gasteiger partial charge in [0.25, 0.3) is 0 Å². The van der Waals surface area contributed by atoms with Gasteiger partial charge in [0.2, 0.25) is 5.28 Å². The minimum atomic E-state index is 0.331. The van der Waals surface area contributed by atoms with Crippen molar-refractivity contribution >= 4 is 11.6 Å². The molecule has 4 nitrogen and oxygen atoms in total. The molecule has 0 amide bonds. The highest BCUT2D eigenvalue weighted by Crippen LogP contribution is 2.26. The van der Waals surface area contributed by atoms with Crippen LogP contribution in [0.1, 0.15) is 6.92 Å². The van der Waals surface area contributed by atoms with Crippen molar-refractivity contribution in [3.8, 4) is 22.8 Å². The predicted molar refractivity (Wildman–Crippen MR) is 83.0 cm³/mol. The summed E-state index contributed by atoms with van der Waals surface area (Å²) in [5.74, 6) is 1.54. The van der Waals surface area contributed by atoms with Crippen LogP contribution in [0.4, 0.5) is 0 Å². The summed E-state index contributed by atoms with van der Waals surface area (Å²) in [5.41, 5.74) is 1.86. The fraction of sp³-hybridized carbons (Fsp3) is 0.125. The number of aromatic nitrogens is 3. The molecule has 0 fully saturated rings. The van der Waals surface area contributed by atoms with Crippen LogP contribution in [-0.2, 0) is 0 Å². The summed E-state index contributed by atoms with van der Waals surface area (Å²) in [6, 6.07) is 17.5. The minimum Gasteiger partial charge on any atom is -0.494 e. The molecule has 1 heterocycles. The van der Waals surface area contributed by atoms with E-state index in [1.165, 1.54) is 0 Å². The second-order valence-electron chi connectivity index (χ2n) is 4.42. The molecule has 2 aromatic carbocycles. The highest BCUT2D eigenvalue weighted by molar-refractivity contribution is 6.28. The summed E-state index contributed by atoms with van der Waals surface area (Å²) in [4.78, 5) is 0. The van der Waals surface area contributed by atoms with Crippen molar-refractivity contribution in [2.45, 2.75) is 6.92 Å². The maximum atomic E-state index is 6.19. The molecule has 1 aromatic heterocycles. The van der Waals surface area contributed by atoms with E-state index in [1.807, 2.05) is 66.1 Å². The Morgan fingerprint density at radius 3 is 2.38 bits per heavy atom. The predicted octanol–water partition coefficient (Wildman–Crippen LogP) is 3.99. The van der Waals surface area contributed by atoms with Crippen molar-refractivity contribution in [2.24, 2.45) is 0 Å². The number of halogens is 1. The van der Waals surface area contributed by atoms with Gasteiger partial charge < -0.3 is 4.74 Å². The number of hydrogen-bond donors (Lipinski definition) is 0. The molecular weight excluding hydrogens is 286 g/mol. The van der Waals surface area contributed by atoms with E-state index in [4.69, 9.17) is 16.3 Å². The zero-order chi connectivity index (χ0) is 14.7. The third-order valence-corrected chi connectivity index (χ3v) is 3.31. The molecule has 3 aromatic rings. The van der Waals surface area contributed by atoms with Crippen LogP contribution in [0, 0.1) is 0 Å². The summed E-state index contributed by atoms with van der Waals surface area (Å²) in [5, 5.41) is 8.48. The normalized spacial score (nSPS) is 10.6. The Morgan fingerprint density at radius 2 is 1.71 bits per heavy atom. The first-order valence-electron chi connectivity index (χ1n) is 6.69. The zero-order valence-electron chi connectivity index (χ0n) is 11.5. The number of hydrogen-bond acceptors (Lipinski definition) is 3. The van der Waals surface area contributed by atoms with Crippen molar-refractivity contribution < 1.29 is 4.74 Å². The van der Waals surface area contributed by atoms with E-state index in [2.05, 4.69) is 10.2 Å². The smallest absolute Gasteiger partial charge is 0.229 e. The summed E-state index contributed by atoms with van der Waals surface area (Å²) in [6.45, 7) is 2.60. The quantitative estimate of drug-likeness (QED) is 0.731. The topological polar surface area (TPSA) is 39.9 Å². The molecule has 0 radical (unpaired) electrons. The van der Waals surface area contributed by atoms with E-state index < -0.39 is 0 Å². The molecule has 0 unspecified atom stereocenters. The lowest BCUT2D eigenvalue weighted by atomic mass is 10.2. The first-order chi connectivity index (χ1) is 10.3.